The average Bonchev–Trinajstić information content (AvgIpc) is 2.40. The second kappa shape index (κ2) is 5.81. The second-order valence-electron chi connectivity index (χ2n) is 6.87. The number of allylic oxidation sites excluding steroid dienone is 2. The van der Waals surface area contributed by atoms with Crippen LogP contribution in [0.1, 0.15) is 34.1 Å². The maximum atomic E-state index is 12.4. The van der Waals surface area contributed by atoms with E-state index in [9.17, 15) is 9.90 Å². The average molecular weight is 294 g/mol. The Balaban J connectivity index is 2.16. The van der Waals surface area contributed by atoms with Crippen LogP contribution in [0.3, 0.4) is 0 Å². The largest absolute Gasteiger partial charge is 0.444 e. The van der Waals surface area contributed by atoms with Gasteiger partial charge in [-0.3, -0.25) is 4.90 Å². The predicted octanol–water partition coefficient (Wildman–Crippen LogP) is 1.83. The number of amides is 1. The molecule has 5 nitrogen and oxygen atoms in total. The summed E-state index contributed by atoms with van der Waals surface area (Å²) in [7, 11) is 0. The van der Waals surface area contributed by atoms with Gasteiger partial charge < -0.3 is 15.2 Å². The lowest BCUT2D eigenvalue weighted by atomic mass is 9.84. The first-order valence-electron chi connectivity index (χ1n) is 7.50. The van der Waals surface area contributed by atoms with Crippen LogP contribution >= 0.6 is 0 Å². The topological polar surface area (TPSA) is 61.8 Å². The minimum absolute atomic E-state index is 0.318. The Kier molecular flexibility index (Phi) is 4.44. The van der Waals surface area contributed by atoms with Crippen molar-refractivity contribution in [3.05, 3.63) is 23.8 Å². The van der Waals surface area contributed by atoms with Crippen LogP contribution in [0.5, 0.6) is 0 Å². The van der Waals surface area contributed by atoms with Gasteiger partial charge in [-0.15, -0.1) is 0 Å². The van der Waals surface area contributed by atoms with Crippen molar-refractivity contribution in [1.82, 2.24) is 10.2 Å². The summed E-state index contributed by atoms with van der Waals surface area (Å²) in [5, 5.41) is 14.2. The second-order valence-corrected chi connectivity index (χ2v) is 6.87. The summed E-state index contributed by atoms with van der Waals surface area (Å²) in [5.41, 5.74) is -0.440. The van der Waals surface area contributed by atoms with Crippen LogP contribution < -0.4 is 5.32 Å². The van der Waals surface area contributed by atoms with E-state index < -0.39 is 11.2 Å². The van der Waals surface area contributed by atoms with E-state index in [1.165, 1.54) is 0 Å². The lowest BCUT2D eigenvalue weighted by Gasteiger charge is -2.45. The normalized spacial score (nSPS) is 30.0. The Morgan fingerprint density at radius 2 is 2.24 bits per heavy atom. The third-order valence-corrected chi connectivity index (χ3v) is 3.83. The van der Waals surface area contributed by atoms with Gasteiger partial charge in [0.15, 0.2) is 0 Å². The highest BCUT2D eigenvalue weighted by atomic mass is 16.6. The molecule has 1 heterocycles. The van der Waals surface area contributed by atoms with Crippen LogP contribution in [0, 0.1) is 0 Å². The Labute approximate surface area is 126 Å². The predicted molar refractivity (Wildman–Crippen MR) is 82.1 cm³/mol. The van der Waals surface area contributed by atoms with Crippen LogP contribution in [0.25, 0.3) is 0 Å². The zero-order valence-electron chi connectivity index (χ0n) is 13.3. The molecule has 0 bridgehead atoms. The molecule has 0 radical (unpaired) electrons. The van der Waals surface area contributed by atoms with Gasteiger partial charge in [-0.2, -0.15) is 0 Å². The van der Waals surface area contributed by atoms with Crippen molar-refractivity contribution >= 4 is 6.09 Å². The zero-order valence-corrected chi connectivity index (χ0v) is 13.3. The van der Waals surface area contributed by atoms with Crippen molar-refractivity contribution < 1.29 is 14.6 Å². The van der Waals surface area contributed by atoms with Crippen molar-refractivity contribution in [3.63, 3.8) is 0 Å². The van der Waals surface area contributed by atoms with Gasteiger partial charge in [0.05, 0.1) is 6.04 Å². The Morgan fingerprint density at radius 1 is 1.52 bits per heavy atom. The lowest BCUT2D eigenvalue weighted by molar-refractivity contribution is -0.0385. The van der Waals surface area contributed by atoms with E-state index >= 15 is 0 Å². The SMILES string of the molecule is CC1=CCC(O)(C2CNCCN2C(=O)OC(C)(C)C)C=C1. The van der Waals surface area contributed by atoms with E-state index in [2.05, 4.69) is 5.32 Å². The van der Waals surface area contributed by atoms with Gasteiger partial charge in [-0.1, -0.05) is 23.8 Å². The molecule has 0 saturated carbocycles. The zero-order chi connectivity index (χ0) is 15.7. The molecule has 0 aromatic rings. The van der Waals surface area contributed by atoms with Gasteiger partial charge >= 0.3 is 6.09 Å². The van der Waals surface area contributed by atoms with Gasteiger partial charge in [-0.05, 0) is 27.7 Å². The summed E-state index contributed by atoms with van der Waals surface area (Å²) in [6.07, 6.45) is 5.87. The molecule has 2 atom stereocenters. The lowest BCUT2D eigenvalue weighted by Crippen LogP contribution is -2.63. The van der Waals surface area contributed by atoms with Crippen molar-refractivity contribution in [3.8, 4) is 0 Å². The summed E-state index contributed by atoms with van der Waals surface area (Å²) < 4.78 is 5.47. The molecule has 2 rings (SSSR count). The number of aliphatic hydroxyl groups is 1. The maximum Gasteiger partial charge on any atom is 0.410 e. The fourth-order valence-corrected chi connectivity index (χ4v) is 2.67. The Hall–Kier alpha value is -1.33. The molecule has 2 N–H and O–H groups in total. The molecular weight excluding hydrogens is 268 g/mol. The number of piperazine rings is 1. The third-order valence-electron chi connectivity index (χ3n) is 3.83. The summed E-state index contributed by atoms with van der Waals surface area (Å²) in [6, 6.07) is -0.318. The molecule has 118 valence electrons. The van der Waals surface area contributed by atoms with E-state index in [4.69, 9.17) is 4.74 Å². The highest BCUT2D eigenvalue weighted by Crippen LogP contribution is 2.29. The van der Waals surface area contributed by atoms with Crippen LogP contribution in [-0.4, -0.2) is 53.0 Å². The highest BCUT2D eigenvalue weighted by molar-refractivity contribution is 5.69. The summed E-state index contributed by atoms with van der Waals surface area (Å²) in [4.78, 5) is 14.1. The molecule has 21 heavy (non-hydrogen) atoms. The molecule has 1 amide bonds. The highest BCUT2D eigenvalue weighted by Gasteiger charge is 2.43. The monoisotopic (exact) mass is 294 g/mol. The molecule has 1 aliphatic carbocycles. The minimum Gasteiger partial charge on any atom is -0.444 e. The first-order valence-corrected chi connectivity index (χ1v) is 7.50. The molecule has 5 heteroatoms. The number of hydrogen-bond acceptors (Lipinski definition) is 4. The van der Waals surface area contributed by atoms with Crippen molar-refractivity contribution in [1.29, 1.82) is 0 Å². The molecule has 0 aromatic heterocycles. The minimum atomic E-state index is -1.04. The van der Waals surface area contributed by atoms with Crippen molar-refractivity contribution in [2.24, 2.45) is 0 Å². The third kappa shape index (κ3) is 3.86. The number of ether oxygens (including phenoxy) is 1. The number of rotatable bonds is 1. The fraction of sp³-hybridized carbons (Fsp3) is 0.688. The molecule has 1 fully saturated rings. The van der Waals surface area contributed by atoms with Crippen LogP contribution in [0.4, 0.5) is 4.79 Å². The van der Waals surface area contributed by atoms with Crippen LogP contribution in [0.15, 0.2) is 23.8 Å². The maximum absolute atomic E-state index is 12.4. The molecule has 0 aromatic carbocycles. The Bertz CT molecular complexity index is 465. The molecule has 1 saturated heterocycles. The van der Waals surface area contributed by atoms with E-state index in [0.717, 1.165) is 5.57 Å². The number of nitrogens with zero attached hydrogens (tertiary/aromatic N) is 1. The van der Waals surface area contributed by atoms with Crippen molar-refractivity contribution in [2.45, 2.75) is 51.4 Å². The summed E-state index contributed by atoms with van der Waals surface area (Å²) >= 11 is 0. The molecule has 2 aliphatic rings. The van der Waals surface area contributed by atoms with Crippen LogP contribution in [-0.2, 0) is 4.74 Å². The Morgan fingerprint density at radius 3 is 2.81 bits per heavy atom. The van der Waals surface area contributed by atoms with Crippen LogP contribution in [0.2, 0.25) is 0 Å². The number of nitrogens with one attached hydrogen (secondary N) is 1. The number of carbonyl (C=O) groups is 1. The smallest absolute Gasteiger partial charge is 0.410 e. The first-order chi connectivity index (χ1) is 9.71. The summed E-state index contributed by atoms with van der Waals surface area (Å²) in [5.74, 6) is 0. The molecule has 1 aliphatic heterocycles. The number of hydrogen-bond donors (Lipinski definition) is 2. The van der Waals surface area contributed by atoms with Gasteiger partial charge in [0.25, 0.3) is 0 Å². The van der Waals surface area contributed by atoms with E-state index in [1.54, 1.807) is 11.0 Å². The molecular formula is C16H26N2O3. The van der Waals surface area contributed by atoms with E-state index in [1.807, 2.05) is 39.8 Å². The molecule has 0 spiro atoms. The standard InChI is InChI=1S/C16H26N2O3/c1-12-5-7-16(20,8-6-12)13-11-17-9-10-18(13)14(19)21-15(2,3)4/h5-7,13,17,20H,8-11H2,1-4H3. The molecule has 2 unspecified atom stereocenters. The van der Waals surface area contributed by atoms with Gasteiger partial charge in [0.2, 0.25) is 0 Å². The van der Waals surface area contributed by atoms with Gasteiger partial charge in [0, 0.05) is 26.1 Å². The first kappa shape index (κ1) is 16.0. The summed E-state index contributed by atoms with van der Waals surface area (Å²) in [6.45, 7) is 9.37. The van der Waals surface area contributed by atoms with Gasteiger partial charge in [-0.25, -0.2) is 4.79 Å². The number of carbonyl (C=O) groups excluding carboxylic acids is 1. The van der Waals surface area contributed by atoms with Crippen molar-refractivity contribution in [2.75, 3.05) is 19.6 Å². The van der Waals surface area contributed by atoms with Gasteiger partial charge in [0.1, 0.15) is 11.2 Å². The quantitative estimate of drug-likeness (QED) is 0.774. The van der Waals surface area contributed by atoms with E-state index in [0.29, 0.717) is 26.1 Å². The fourth-order valence-electron chi connectivity index (χ4n) is 2.67. The van der Waals surface area contributed by atoms with E-state index in [-0.39, 0.29) is 12.1 Å².